The van der Waals surface area contributed by atoms with Crippen molar-refractivity contribution < 1.29 is 54.0 Å². The lowest BCUT2D eigenvalue weighted by Crippen LogP contribution is -2.58. The number of hydrogen-bond acceptors (Lipinski definition) is 11. The minimum absolute atomic E-state index is 0.0551. The van der Waals surface area contributed by atoms with Gasteiger partial charge in [0, 0.05) is 18.3 Å². The fourth-order valence-corrected chi connectivity index (χ4v) is 7.99. The van der Waals surface area contributed by atoms with Gasteiger partial charge in [-0.05, 0) is 69.8 Å². The number of rotatable bonds is 5. The van der Waals surface area contributed by atoms with Gasteiger partial charge < -0.3 is 49.2 Å². The van der Waals surface area contributed by atoms with Crippen molar-refractivity contribution in [2.45, 2.75) is 175 Å². The van der Waals surface area contributed by atoms with Crippen LogP contribution in [-0.2, 0) is 28.5 Å². The molecule has 17 atom stereocenters. The van der Waals surface area contributed by atoms with Crippen molar-refractivity contribution >= 4 is 5.97 Å². The summed E-state index contributed by atoms with van der Waals surface area (Å²) in [5.74, 6) is -3.53. The van der Waals surface area contributed by atoms with Gasteiger partial charge in [-0.2, -0.15) is 0 Å². The first-order valence-electron chi connectivity index (χ1n) is 17.6. The molecule has 11 nitrogen and oxygen atoms in total. The van der Waals surface area contributed by atoms with Crippen molar-refractivity contribution in [1.29, 1.82) is 0 Å². The summed E-state index contributed by atoms with van der Waals surface area (Å²) in [5, 5.41) is 56.8. The Bertz CT molecular complexity index is 1050. The predicted molar refractivity (Wildman–Crippen MR) is 176 cm³/mol. The fourth-order valence-electron chi connectivity index (χ4n) is 7.99. The highest BCUT2D eigenvalue weighted by atomic mass is 16.7. The fraction of sp³-hybridized carbons (Fsp3) is 0.917. The van der Waals surface area contributed by atoms with E-state index in [1.54, 1.807) is 34.6 Å². The molecular weight excluding hydrogens is 608 g/mol. The zero-order valence-corrected chi connectivity index (χ0v) is 30.5. The highest BCUT2D eigenvalue weighted by molar-refractivity contribution is 5.73. The van der Waals surface area contributed by atoms with Crippen molar-refractivity contribution in [2.75, 3.05) is 0 Å². The van der Waals surface area contributed by atoms with Gasteiger partial charge in [0.1, 0.15) is 12.2 Å². The van der Waals surface area contributed by atoms with Crippen molar-refractivity contribution in [3.05, 3.63) is 12.2 Å². The molecule has 47 heavy (non-hydrogen) atoms. The summed E-state index contributed by atoms with van der Waals surface area (Å²) in [6, 6.07) is 0. The van der Waals surface area contributed by atoms with E-state index in [-0.39, 0.29) is 24.0 Å². The number of aliphatic hydroxyl groups excluding tert-OH is 4. The second-order valence-corrected chi connectivity index (χ2v) is 16.0. The van der Waals surface area contributed by atoms with Crippen LogP contribution in [0.15, 0.2) is 12.2 Å². The Morgan fingerprint density at radius 1 is 0.872 bits per heavy atom. The van der Waals surface area contributed by atoms with Crippen molar-refractivity contribution in [3.8, 4) is 0 Å². The standard InChI is InChI=1S/C36H64O11/c1-13-25-20(5)29(39)21(6)27(37)18(3)15-36(12,42)32(47-34-28(38)17(2)14-19(4)43-34)22(7)30(23(8)33(41)45-25)46-26-16-35(10,11)31(40)24(9)44-26/h17-19,21-32,34,37-40,42H,5,13-16H2,1-4,6-12H3/t17-,18+,19+,21-,22-,23+,24-,25+,26?,27-,28+,29-,30-,31-,32+,34?,36-/m0/s1. The van der Waals surface area contributed by atoms with E-state index < -0.39 is 102 Å². The SMILES string of the molecule is C=C1[C@@H](CC)OC(=O)[C@H](C)[C@@H](OC2CC(C)(C)[C@@H](O)[C@H](C)O2)[C@H](C)[C@@H](OC2O[C@H](C)C[C@H](C)[C@H]2O)[C@@](C)(O)C[C@@H](C)[C@H](O)[C@H](C)[C@H]1O. The quantitative estimate of drug-likeness (QED) is 0.214. The highest BCUT2D eigenvalue weighted by Gasteiger charge is 2.51. The van der Waals surface area contributed by atoms with Gasteiger partial charge in [-0.15, -0.1) is 0 Å². The average Bonchev–Trinajstić information content (AvgIpc) is 2.98. The van der Waals surface area contributed by atoms with Crippen LogP contribution < -0.4 is 0 Å². The van der Waals surface area contributed by atoms with Crippen LogP contribution in [-0.4, -0.2) is 105 Å². The molecule has 3 fully saturated rings. The van der Waals surface area contributed by atoms with Crippen LogP contribution in [0, 0.1) is 35.0 Å². The lowest BCUT2D eigenvalue weighted by molar-refractivity contribution is -0.312. The number of esters is 1. The number of carbonyl (C=O) groups is 1. The first-order chi connectivity index (χ1) is 21.6. The van der Waals surface area contributed by atoms with Gasteiger partial charge in [0.2, 0.25) is 0 Å². The molecule has 0 aromatic heterocycles. The molecule has 3 heterocycles. The molecule has 0 aromatic carbocycles. The second kappa shape index (κ2) is 15.8. The van der Waals surface area contributed by atoms with E-state index in [4.69, 9.17) is 23.7 Å². The summed E-state index contributed by atoms with van der Waals surface area (Å²) < 4.78 is 31.4. The Balaban J connectivity index is 2.13. The van der Waals surface area contributed by atoms with E-state index >= 15 is 0 Å². The van der Waals surface area contributed by atoms with Crippen LogP contribution in [0.1, 0.15) is 102 Å². The molecule has 0 radical (unpaired) electrons. The Labute approximate surface area is 282 Å². The number of aliphatic hydroxyl groups is 5. The van der Waals surface area contributed by atoms with Gasteiger partial charge >= 0.3 is 5.97 Å². The topological polar surface area (TPSA) is 164 Å². The zero-order valence-electron chi connectivity index (χ0n) is 30.5. The summed E-state index contributed by atoms with van der Waals surface area (Å²) in [6.07, 6.45) is -7.94. The van der Waals surface area contributed by atoms with Crippen LogP contribution in [0.25, 0.3) is 0 Å². The second-order valence-electron chi connectivity index (χ2n) is 16.0. The largest absolute Gasteiger partial charge is 0.457 e. The molecule has 2 unspecified atom stereocenters. The van der Waals surface area contributed by atoms with Crippen LogP contribution in [0.4, 0.5) is 0 Å². The number of ether oxygens (including phenoxy) is 5. The molecule has 0 aromatic rings. The average molecular weight is 673 g/mol. The van der Waals surface area contributed by atoms with Crippen molar-refractivity contribution in [2.24, 2.45) is 35.0 Å². The first-order valence-corrected chi connectivity index (χ1v) is 17.6. The number of carbonyl (C=O) groups excluding carboxylic acids is 1. The molecule has 3 rings (SSSR count). The maximum atomic E-state index is 13.9. The number of cyclic esters (lactones) is 1. The van der Waals surface area contributed by atoms with Gasteiger partial charge in [-0.3, -0.25) is 4.79 Å². The minimum atomic E-state index is -1.63. The molecule has 0 amide bonds. The monoisotopic (exact) mass is 672 g/mol. The molecule has 0 saturated carbocycles. The van der Waals surface area contributed by atoms with Crippen LogP contribution in [0.3, 0.4) is 0 Å². The maximum absolute atomic E-state index is 13.9. The predicted octanol–water partition coefficient (Wildman–Crippen LogP) is 3.71. The van der Waals surface area contributed by atoms with E-state index in [2.05, 4.69) is 6.58 Å². The summed E-state index contributed by atoms with van der Waals surface area (Å²) in [7, 11) is 0. The Morgan fingerprint density at radius 2 is 1.49 bits per heavy atom. The smallest absolute Gasteiger partial charge is 0.311 e. The summed E-state index contributed by atoms with van der Waals surface area (Å²) in [4.78, 5) is 13.9. The van der Waals surface area contributed by atoms with Crippen LogP contribution in [0.5, 0.6) is 0 Å². The first kappa shape index (κ1) is 40.3. The van der Waals surface area contributed by atoms with E-state index in [0.717, 1.165) is 0 Å². The van der Waals surface area contributed by atoms with E-state index in [1.807, 2.05) is 41.5 Å². The van der Waals surface area contributed by atoms with E-state index in [9.17, 15) is 30.3 Å². The molecule has 3 aliphatic rings. The molecule has 0 bridgehead atoms. The molecular formula is C36H64O11. The van der Waals surface area contributed by atoms with Gasteiger partial charge in [0.15, 0.2) is 12.6 Å². The number of hydrogen-bond donors (Lipinski definition) is 5. The molecule has 5 N–H and O–H groups in total. The third kappa shape index (κ3) is 9.15. The Hall–Kier alpha value is -1.15. The minimum Gasteiger partial charge on any atom is -0.457 e. The maximum Gasteiger partial charge on any atom is 0.311 e. The van der Waals surface area contributed by atoms with Crippen molar-refractivity contribution in [3.63, 3.8) is 0 Å². The summed E-state index contributed by atoms with van der Waals surface area (Å²) >= 11 is 0. The van der Waals surface area contributed by atoms with Gasteiger partial charge in [-0.25, -0.2) is 0 Å². The molecule has 0 aliphatic carbocycles. The van der Waals surface area contributed by atoms with Gasteiger partial charge in [-0.1, -0.05) is 55.0 Å². The molecule has 11 heteroatoms. The lowest BCUT2D eigenvalue weighted by Gasteiger charge is -2.48. The molecule has 3 saturated heterocycles. The van der Waals surface area contributed by atoms with Crippen molar-refractivity contribution in [1.82, 2.24) is 0 Å². The Morgan fingerprint density at radius 3 is 2.06 bits per heavy atom. The summed E-state index contributed by atoms with van der Waals surface area (Å²) in [6.45, 7) is 23.9. The molecule has 274 valence electrons. The molecule has 3 aliphatic heterocycles. The summed E-state index contributed by atoms with van der Waals surface area (Å²) in [5.41, 5.74) is -1.89. The molecule has 0 spiro atoms. The van der Waals surface area contributed by atoms with E-state index in [1.165, 1.54) is 0 Å². The third-order valence-corrected chi connectivity index (χ3v) is 11.1. The van der Waals surface area contributed by atoms with Crippen LogP contribution in [0.2, 0.25) is 0 Å². The zero-order chi connectivity index (χ0) is 35.8. The third-order valence-electron chi connectivity index (χ3n) is 11.1. The Kier molecular flexibility index (Phi) is 13.6. The van der Waals surface area contributed by atoms with Crippen LogP contribution >= 0.6 is 0 Å². The highest BCUT2D eigenvalue weighted by Crippen LogP contribution is 2.42. The van der Waals surface area contributed by atoms with Gasteiger partial charge in [0.25, 0.3) is 0 Å². The normalized spacial score (nSPS) is 49.2. The van der Waals surface area contributed by atoms with Gasteiger partial charge in [0.05, 0.1) is 54.2 Å². The van der Waals surface area contributed by atoms with E-state index in [0.29, 0.717) is 19.3 Å². The lowest BCUT2D eigenvalue weighted by atomic mass is 9.74.